The number of methoxy groups -OCH3 is 2. The summed E-state index contributed by atoms with van der Waals surface area (Å²) in [6.45, 7) is 27.7. The average Bonchev–Trinajstić information content (AvgIpc) is 3.70. The topological polar surface area (TPSA) is 113 Å². The van der Waals surface area contributed by atoms with Crippen LogP contribution >= 0.6 is 11.6 Å². The first-order chi connectivity index (χ1) is 30.9. The van der Waals surface area contributed by atoms with Gasteiger partial charge >= 0.3 is 0 Å². The van der Waals surface area contributed by atoms with Crippen LogP contribution in [-0.2, 0) is 25.5 Å². The molecule has 0 saturated heterocycles. The minimum Gasteiger partial charge on any atom is -0.481 e. The summed E-state index contributed by atoms with van der Waals surface area (Å²) in [6, 6.07) is 10.2. The molecule has 2 aromatic carbocycles. The number of anilines is 1. The van der Waals surface area contributed by atoms with E-state index in [1.165, 1.54) is 41.6 Å². The molecule has 0 saturated carbocycles. The standard InChI is InChI=1S/C31H30ClFN4O3.C16H33NO.C4H10O.C2H6/c1-16-10-11-19-14-25(35-30(40-6)26(16)19)20-8-7-9-21(28(20)32)27-17(2)24(13-12-23(27)33)34-29(38)22-15-36(4)18(3)37(5)31(22)39;1-7-13(5)11-12-16(9-3,10-4)17-15(18)14(6)8-2;1-3-4-5-2;1-2/h7-9,12-16H,3,10-11H2,1-2,4-6H3,(H,34,38);13-14H,7-12H2,1-6H3,(H,17,18);3-4H2,1-2H3;1-2H3. The predicted octanol–water partition coefficient (Wildman–Crippen LogP) is 12.9. The van der Waals surface area contributed by atoms with Gasteiger partial charge in [0, 0.05) is 73.4 Å². The largest absolute Gasteiger partial charge is 0.481 e. The molecule has 3 aromatic rings. The van der Waals surface area contributed by atoms with Crippen molar-refractivity contribution in [3.63, 3.8) is 0 Å². The second kappa shape index (κ2) is 27.0. The molecule has 12 heteroatoms. The first-order valence-electron chi connectivity index (χ1n) is 23.6. The lowest BCUT2D eigenvalue weighted by Gasteiger charge is -2.35. The molecular weight excluding hydrogens is 841 g/mol. The first-order valence-corrected chi connectivity index (χ1v) is 24.0. The van der Waals surface area contributed by atoms with Crippen molar-refractivity contribution in [2.24, 2.45) is 11.8 Å². The highest BCUT2D eigenvalue weighted by molar-refractivity contribution is 6.36. The summed E-state index contributed by atoms with van der Waals surface area (Å²) in [4.78, 5) is 45.6. The molecule has 1 aliphatic heterocycles. The van der Waals surface area contributed by atoms with Crippen LogP contribution in [0.3, 0.4) is 0 Å². The second-order valence-corrected chi connectivity index (χ2v) is 17.4. The number of amides is 3. The van der Waals surface area contributed by atoms with Crippen molar-refractivity contribution in [3.8, 4) is 28.3 Å². The normalized spacial score (nSPS) is 15.2. The van der Waals surface area contributed by atoms with E-state index < -0.39 is 17.6 Å². The number of nitrogens with zero attached hydrogens (tertiary/aromatic N) is 3. The maximum Gasteiger partial charge on any atom is 0.266 e. The summed E-state index contributed by atoms with van der Waals surface area (Å²) in [5, 5.41) is 6.42. The first kappa shape index (κ1) is 56.4. The van der Waals surface area contributed by atoms with Gasteiger partial charge in [0.25, 0.3) is 11.8 Å². The van der Waals surface area contributed by atoms with Gasteiger partial charge in [0.05, 0.1) is 17.8 Å². The van der Waals surface area contributed by atoms with Crippen LogP contribution in [0.25, 0.3) is 22.4 Å². The number of ether oxygens (including phenoxy) is 2. The molecular formula is C53H79ClFN5O5. The van der Waals surface area contributed by atoms with Crippen molar-refractivity contribution in [1.29, 1.82) is 0 Å². The summed E-state index contributed by atoms with van der Waals surface area (Å²) < 4.78 is 25.7. The smallest absolute Gasteiger partial charge is 0.266 e. The SMILES string of the molecule is C=C1N(C)C=C(C(=O)Nc2ccc(F)c(-c3cccc(-c4cc5c(c(OC)n4)C(C)CC5)c3Cl)c2C)C(=O)N1C.CC.CCC(C)CCC(CC)(CC)NC(=O)C(C)CC.CCCOC. The highest BCUT2D eigenvalue weighted by Gasteiger charge is 2.32. The fourth-order valence-corrected chi connectivity index (χ4v) is 8.06. The van der Waals surface area contributed by atoms with Crippen LogP contribution in [0.4, 0.5) is 10.1 Å². The number of likely N-dealkylation sites (N-methyl/N-ethyl adjacent to an activating group) is 1. The van der Waals surface area contributed by atoms with Crippen molar-refractivity contribution in [2.75, 3.05) is 40.2 Å². The third kappa shape index (κ3) is 14.4. The lowest BCUT2D eigenvalue weighted by Crippen LogP contribution is -2.49. The van der Waals surface area contributed by atoms with Crippen molar-refractivity contribution in [1.82, 2.24) is 20.1 Å². The Morgan fingerprint density at radius 2 is 1.68 bits per heavy atom. The van der Waals surface area contributed by atoms with Gasteiger partial charge in [-0.1, -0.05) is 112 Å². The lowest BCUT2D eigenvalue weighted by atomic mass is 9.84. The van der Waals surface area contributed by atoms with E-state index in [1.54, 1.807) is 52.3 Å². The fraction of sp³-hybridized carbons (Fsp3) is 0.547. The number of nitrogens with one attached hydrogen (secondary N) is 2. The molecule has 3 amide bonds. The Hall–Kier alpha value is -4.74. The van der Waals surface area contributed by atoms with Crippen LogP contribution in [0, 0.1) is 24.6 Å². The number of halogens is 2. The van der Waals surface area contributed by atoms with Crippen molar-refractivity contribution >= 4 is 35.0 Å². The molecule has 1 aliphatic carbocycles. The lowest BCUT2D eigenvalue weighted by molar-refractivity contribution is -0.129. The van der Waals surface area contributed by atoms with Gasteiger partial charge in [0.15, 0.2) is 0 Å². The Morgan fingerprint density at radius 1 is 1.03 bits per heavy atom. The summed E-state index contributed by atoms with van der Waals surface area (Å²) in [7, 11) is 6.56. The Bertz CT molecular complexity index is 2100. The minimum absolute atomic E-state index is 0.0178. The van der Waals surface area contributed by atoms with Crippen molar-refractivity contribution in [2.45, 2.75) is 145 Å². The molecule has 5 rings (SSSR count). The maximum absolute atomic E-state index is 15.4. The zero-order valence-electron chi connectivity index (χ0n) is 42.2. The number of rotatable bonds is 16. The molecule has 3 atom stereocenters. The summed E-state index contributed by atoms with van der Waals surface area (Å²) in [6.07, 6.45) is 11.0. The number of carbonyl (C=O) groups is 3. The van der Waals surface area contributed by atoms with E-state index >= 15 is 4.39 Å². The zero-order chi connectivity index (χ0) is 49.2. The van der Waals surface area contributed by atoms with E-state index in [1.807, 2.05) is 32.9 Å². The van der Waals surface area contributed by atoms with Gasteiger partial charge in [0.2, 0.25) is 11.8 Å². The van der Waals surface area contributed by atoms with Crippen LogP contribution in [0.15, 0.2) is 60.6 Å². The van der Waals surface area contributed by atoms with Crippen molar-refractivity contribution < 1.29 is 28.2 Å². The Kier molecular flexibility index (Phi) is 23.5. The van der Waals surface area contributed by atoms with Crippen LogP contribution < -0.4 is 15.4 Å². The Morgan fingerprint density at radius 3 is 2.23 bits per heavy atom. The quantitative estimate of drug-likeness (QED) is 0.138. The molecule has 2 heterocycles. The molecule has 0 fully saturated rings. The third-order valence-electron chi connectivity index (χ3n) is 12.8. The van der Waals surface area contributed by atoms with Gasteiger partial charge in [-0.25, -0.2) is 9.37 Å². The van der Waals surface area contributed by atoms with E-state index in [-0.39, 0.29) is 28.5 Å². The van der Waals surface area contributed by atoms with Crippen molar-refractivity contribution in [3.05, 3.63) is 88.1 Å². The zero-order valence-corrected chi connectivity index (χ0v) is 42.9. The summed E-state index contributed by atoms with van der Waals surface area (Å²) in [5.41, 5.74) is 5.09. The Balaban J connectivity index is 0.000000485. The molecule has 0 radical (unpaired) electrons. The van der Waals surface area contributed by atoms with Gasteiger partial charge < -0.3 is 25.0 Å². The number of carbonyl (C=O) groups excluding carboxylic acids is 3. The van der Waals surface area contributed by atoms with Gasteiger partial charge in [-0.15, -0.1) is 0 Å². The molecule has 65 heavy (non-hydrogen) atoms. The molecule has 3 unspecified atom stereocenters. The van der Waals surface area contributed by atoms with E-state index in [9.17, 15) is 14.4 Å². The van der Waals surface area contributed by atoms with E-state index in [4.69, 9.17) is 26.1 Å². The Labute approximate surface area is 395 Å². The number of pyridine rings is 1. The van der Waals surface area contributed by atoms with Crippen LogP contribution in [0.1, 0.15) is 143 Å². The minimum atomic E-state index is -0.611. The molecule has 0 spiro atoms. The van der Waals surface area contributed by atoms with E-state index in [2.05, 4.69) is 65.7 Å². The summed E-state index contributed by atoms with van der Waals surface area (Å²) >= 11 is 6.93. The van der Waals surface area contributed by atoms with E-state index in [0.717, 1.165) is 63.0 Å². The highest BCUT2D eigenvalue weighted by atomic mass is 35.5. The maximum atomic E-state index is 15.4. The molecule has 2 N–H and O–H groups in total. The van der Waals surface area contributed by atoms with Crippen LogP contribution in [0.2, 0.25) is 5.02 Å². The number of hydrogen-bond acceptors (Lipinski definition) is 7. The number of fused-ring (bicyclic) bond motifs is 1. The van der Waals surface area contributed by atoms with Gasteiger partial charge in [-0.3, -0.25) is 19.3 Å². The van der Waals surface area contributed by atoms with Gasteiger partial charge in [0.1, 0.15) is 17.2 Å². The predicted molar refractivity (Wildman–Crippen MR) is 268 cm³/mol. The third-order valence-corrected chi connectivity index (χ3v) is 13.2. The summed E-state index contributed by atoms with van der Waals surface area (Å²) in [5.74, 6) is 0.912. The molecule has 2 aliphatic rings. The monoisotopic (exact) mass is 920 g/mol. The number of hydrogen-bond donors (Lipinski definition) is 2. The highest BCUT2D eigenvalue weighted by Crippen LogP contribution is 2.44. The van der Waals surface area contributed by atoms with Crippen LogP contribution in [0.5, 0.6) is 5.88 Å². The van der Waals surface area contributed by atoms with Gasteiger partial charge in [-0.2, -0.15) is 0 Å². The van der Waals surface area contributed by atoms with E-state index in [0.29, 0.717) is 50.7 Å². The number of benzene rings is 2. The fourth-order valence-electron chi connectivity index (χ4n) is 7.74. The molecule has 1 aromatic heterocycles. The molecule has 10 nitrogen and oxygen atoms in total. The average molecular weight is 921 g/mol. The molecule has 360 valence electrons. The number of aromatic nitrogens is 1. The van der Waals surface area contributed by atoms with Gasteiger partial charge in [-0.05, 0) is 99.5 Å². The molecule has 0 bridgehead atoms. The second-order valence-electron chi connectivity index (χ2n) is 17.0. The van der Waals surface area contributed by atoms with Crippen LogP contribution in [-0.4, -0.2) is 73.0 Å². The number of aryl methyl sites for hydroxylation is 1.